The minimum absolute atomic E-state index is 0.492. The first-order valence-electron chi connectivity index (χ1n) is 12.1. The zero-order valence-corrected chi connectivity index (χ0v) is 19.3. The number of nitrogens with zero attached hydrogens (tertiary/aromatic N) is 3. The smallest absolute Gasteiger partial charge is 0.0429 e. The van der Waals surface area contributed by atoms with E-state index in [1.54, 1.807) is 0 Å². The Labute approximate surface area is 193 Å². The van der Waals surface area contributed by atoms with Gasteiger partial charge in [-0.25, -0.2) is 0 Å². The third-order valence-corrected chi connectivity index (χ3v) is 7.24. The van der Waals surface area contributed by atoms with E-state index in [1.165, 1.54) is 73.5 Å². The van der Waals surface area contributed by atoms with Crippen LogP contribution in [0.2, 0.25) is 0 Å². The van der Waals surface area contributed by atoms with E-state index in [4.69, 9.17) is 0 Å². The van der Waals surface area contributed by atoms with E-state index in [9.17, 15) is 0 Å². The van der Waals surface area contributed by atoms with Crippen molar-refractivity contribution in [3.63, 3.8) is 0 Å². The van der Waals surface area contributed by atoms with Crippen LogP contribution >= 0.6 is 0 Å². The third kappa shape index (κ3) is 4.74. The number of hydrogen-bond acceptors (Lipinski definition) is 3. The Morgan fingerprint density at radius 3 is 2.19 bits per heavy atom. The van der Waals surface area contributed by atoms with Gasteiger partial charge in [-0.1, -0.05) is 72.8 Å². The topological polar surface area (TPSA) is 9.72 Å². The molecule has 3 aromatic carbocycles. The van der Waals surface area contributed by atoms with Gasteiger partial charge in [0.1, 0.15) is 0 Å². The molecule has 1 unspecified atom stereocenters. The molecule has 0 amide bonds. The summed E-state index contributed by atoms with van der Waals surface area (Å²) < 4.78 is 0. The maximum atomic E-state index is 2.67. The molecule has 1 fully saturated rings. The largest absolute Gasteiger partial charge is 0.370 e. The van der Waals surface area contributed by atoms with Crippen LogP contribution in [0.1, 0.15) is 41.0 Å². The van der Waals surface area contributed by atoms with Gasteiger partial charge < -0.3 is 9.80 Å². The summed E-state index contributed by atoms with van der Waals surface area (Å²) in [6.45, 7) is 8.01. The van der Waals surface area contributed by atoms with Gasteiger partial charge in [-0.15, -0.1) is 0 Å². The Balaban J connectivity index is 1.20. The number of benzene rings is 3. The summed E-state index contributed by atoms with van der Waals surface area (Å²) in [6, 6.07) is 29.0. The highest BCUT2D eigenvalue weighted by atomic mass is 15.3. The molecule has 0 saturated carbocycles. The van der Waals surface area contributed by atoms with E-state index in [0.717, 1.165) is 13.1 Å². The highest BCUT2D eigenvalue weighted by Crippen LogP contribution is 2.40. The van der Waals surface area contributed by atoms with Gasteiger partial charge in [0.2, 0.25) is 0 Å². The predicted octanol–water partition coefficient (Wildman–Crippen LogP) is 5.37. The lowest BCUT2D eigenvalue weighted by atomic mass is 9.85. The average Bonchev–Trinajstić information content (AvgIpc) is 2.95. The summed E-state index contributed by atoms with van der Waals surface area (Å²) in [4.78, 5) is 7.68. The van der Waals surface area contributed by atoms with Gasteiger partial charge in [0, 0.05) is 57.9 Å². The third-order valence-electron chi connectivity index (χ3n) is 7.24. The molecule has 1 saturated heterocycles. The van der Waals surface area contributed by atoms with E-state index in [2.05, 4.69) is 101 Å². The fourth-order valence-corrected chi connectivity index (χ4v) is 5.50. The fourth-order valence-electron chi connectivity index (χ4n) is 5.50. The Hall–Kier alpha value is -2.62. The molecule has 0 N–H and O–H groups in total. The zero-order chi connectivity index (χ0) is 21.8. The summed E-state index contributed by atoms with van der Waals surface area (Å²) in [5.41, 5.74) is 7.31. The second kappa shape index (κ2) is 9.89. The first-order chi connectivity index (χ1) is 15.8. The number of piperazine rings is 1. The van der Waals surface area contributed by atoms with Crippen molar-refractivity contribution in [3.8, 4) is 0 Å². The summed E-state index contributed by atoms with van der Waals surface area (Å²) in [5, 5.41) is 0. The molecular weight excluding hydrogens is 390 g/mol. The van der Waals surface area contributed by atoms with Gasteiger partial charge in [0.25, 0.3) is 0 Å². The van der Waals surface area contributed by atoms with Crippen molar-refractivity contribution in [1.29, 1.82) is 0 Å². The molecule has 3 heteroatoms. The average molecular weight is 426 g/mol. The Morgan fingerprint density at radius 1 is 0.719 bits per heavy atom. The summed E-state index contributed by atoms with van der Waals surface area (Å²) >= 11 is 0. The van der Waals surface area contributed by atoms with Crippen molar-refractivity contribution in [2.45, 2.75) is 31.8 Å². The second-order valence-electron chi connectivity index (χ2n) is 9.41. The molecular formula is C29H35N3. The molecule has 0 aromatic heterocycles. The number of para-hydroxylation sites is 1. The van der Waals surface area contributed by atoms with Crippen LogP contribution in [0.3, 0.4) is 0 Å². The molecule has 3 aromatic rings. The monoisotopic (exact) mass is 425 g/mol. The molecule has 0 bridgehead atoms. The van der Waals surface area contributed by atoms with Crippen LogP contribution in [0, 0.1) is 0 Å². The Morgan fingerprint density at radius 2 is 1.38 bits per heavy atom. The lowest BCUT2D eigenvalue weighted by molar-refractivity contribution is 0.125. The van der Waals surface area contributed by atoms with Crippen LogP contribution in [-0.2, 0) is 13.1 Å². The van der Waals surface area contributed by atoms with Crippen LogP contribution in [-0.4, -0.2) is 49.6 Å². The predicted molar refractivity (Wildman–Crippen MR) is 134 cm³/mol. The van der Waals surface area contributed by atoms with Gasteiger partial charge in [-0.3, -0.25) is 4.90 Å². The molecule has 32 heavy (non-hydrogen) atoms. The first kappa shape index (κ1) is 21.2. The van der Waals surface area contributed by atoms with Crippen LogP contribution in [0.4, 0.5) is 5.69 Å². The van der Waals surface area contributed by atoms with Crippen LogP contribution in [0.25, 0.3) is 0 Å². The lowest BCUT2D eigenvalue weighted by Crippen LogP contribution is -2.46. The van der Waals surface area contributed by atoms with E-state index in [-0.39, 0.29) is 0 Å². The minimum Gasteiger partial charge on any atom is -0.370 e. The molecule has 0 aliphatic carbocycles. The molecule has 0 spiro atoms. The number of fused-ring (bicyclic) bond motifs is 2. The lowest BCUT2D eigenvalue weighted by Gasteiger charge is -2.35. The maximum Gasteiger partial charge on any atom is 0.0429 e. The highest BCUT2D eigenvalue weighted by molar-refractivity contribution is 5.60. The molecule has 2 heterocycles. The molecule has 5 rings (SSSR count). The number of rotatable bonds is 6. The normalized spacial score (nSPS) is 19.3. The van der Waals surface area contributed by atoms with E-state index < -0.39 is 0 Å². The molecule has 166 valence electrons. The molecule has 2 aliphatic rings. The van der Waals surface area contributed by atoms with Crippen LogP contribution in [0.15, 0.2) is 78.9 Å². The van der Waals surface area contributed by atoms with Crippen LogP contribution < -0.4 is 4.90 Å². The fraction of sp³-hybridized carbons (Fsp3) is 0.379. The van der Waals surface area contributed by atoms with Crippen molar-refractivity contribution in [2.75, 3.05) is 44.7 Å². The minimum atomic E-state index is 0.492. The van der Waals surface area contributed by atoms with Gasteiger partial charge in [0.05, 0.1) is 0 Å². The quantitative estimate of drug-likeness (QED) is 0.526. The number of hydrogen-bond donors (Lipinski definition) is 0. The van der Waals surface area contributed by atoms with Crippen molar-refractivity contribution >= 4 is 5.69 Å². The van der Waals surface area contributed by atoms with Gasteiger partial charge in [0.15, 0.2) is 0 Å². The van der Waals surface area contributed by atoms with Crippen LogP contribution in [0.5, 0.6) is 0 Å². The molecule has 0 radical (unpaired) electrons. The molecule has 2 aliphatic heterocycles. The zero-order valence-electron chi connectivity index (χ0n) is 19.3. The Kier molecular flexibility index (Phi) is 6.56. The highest BCUT2D eigenvalue weighted by Gasteiger charge is 2.25. The summed E-state index contributed by atoms with van der Waals surface area (Å²) in [5.74, 6) is 0.492. The summed E-state index contributed by atoms with van der Waals surface area (Å²) in [7, 11) is 2.23. The van der Waals surface area contributed by atoms with Crippen molar-refractivity contribution in [3.05, 3.63) is 101 Å². The maximum absolute atomic E-state index is 2.67. The summed E-state index contributed by atoms with van der Waals surface area (Å²) in [6.07, 6.45) is 2.46. The SMILES string of the molecule is CN1Cc2ccccc2C(CCCN2CCN(Cc3ccccc3)CC2)c2ccccc21. The van der Waals surface area contributed by atoms with E-state index >= 15 is 0 Å². The van der Waals surface area contributed by atoms with Gasteiger partial charge in [-0.2, -0.15) is 0 Å². The Bertz CT molecular complexity index is 1010. The first-order valence-corrected chi connectivity index (χ1v) is 12.1. The van der Waals surface area contributed by atoms with E-state index in [0.29, 0.717) is 5.92 Å². The standard InChI is InChI=1S/C29H35N3/c1-30-23-25-12-5-6-13-26(25)27(28-14-7-8-16-29(28)30)15-9-17-31-18-20-32(21-19-31)22-24-10-3-2-4-11-24/h2-8,10-14,16,27H,9,15,17-23H2,1H3. The van der Waals surface area contributed by atoms with Crippen molar-refractivity contribution in [1.82, 2.24) is 9.80 Å². The van der Waals surface area contributed by atoms with Gasteiger partial charge in [-0.05, 0) is 47.7 Å². The second-order valence-corrected chi connectivity index (χ2v) is 9.41. The molecule has 1 atom stereocenters. The molecule has 3 nitrogen and oxygen atoms in total. The van der Waals surface area contributed by atoms with Crippen molar-refractivity contribution < 1.29 is 0 Å². The van der Waals surface area contributed by atoms with Crippen molar-refractivity contribution in [2.24, 2.45) is 0 Å². The van der Waals surface area contributed by atoms with Gasteiger partial charge >= 0.3 is 0 Å². The number of anilines is 1. The van der Waals surface area contributed by atoms with E-state index in [1.807, 2.05) is 0 Å².